The van der Waals surface area contributed by atoms with Crippen LogP contribution in [0, 0.1) is 0 Å². The van der Waals surface area contributed by atoms with E-state index in [1.54, 1.807) is 6.08 Å². The Morgan fingerprint density at radius 2 is 2.09 bits per heavy atom. The maximum Gasteiger partial charge on any atom is 0.339 e. The maximum absolute atomic E-state index is 12.3. The van der Waals surface area contributed by atoms with Gasteiger partial charge in [0.2, 0.25) is 0 Å². The van der Waals surface area contributed by atoms with Crippen molar-refractivity contribution in [3.8, 4) is 5.75 Å². The summed E-state index contributed by atoms with van der Waals surface area (Å²) < 4.78 is 0. The van der Waals surface area contributed by atoms with Gasteiger partial charge < -0.3 is 15.5 Å². The maximum atomic E-state index is 12.3. The number of carboxylic acids is 1. The van der Waals surface area contributed by atoms with Crippen LogP contribution >= 0.6 is 11.3 Å². The molecule has 2 rings (SSSR count). The number of aromatic carboxylic acids is 1. The van der Waals surface area contributed by atoms with Gasteiger partial charge in [-0.3, -0.25) is 4.79 Å². The largest absolute Gasteiger partial charge is 0.507 e. The number of aromatic hydroxyl groups is 1. The molecule has 22 heavy (non-hydrogen) atoms. The first-order valence-electron chi connectivity index (χ1n) is 6.63. The zero-order valence-electron chi connectivity index (χ0n) is 11.9. The van der Waals surface area contributed by atoms with Gasteiger partial charge in [-0.2, -0.15) is 0 Å². The van der Waals surface area contributed by atoms with E-state index >= 15 is 0 Å². The summed E-state index contributed by atoms with van der Waals surface area (Å²) in [4.78, 5) is 24.2. The zero-order valence-corrected chi connectivity index (χ0v) is 12.7. The number of benzene rings is 1. The van der Waals surface area contributed by atoms with E-state index in [-0.39, 0.29) is 17.2 Å². The molecule has 3 N–H and O–H groups in total. The summed E-state index contributed by atoms with van der Waals surface area (Å²) in [5, 5.41) is 23.0. The highest BCUT2D eigenvalue weighted by atomic mass is 32.1. The van der Waals surface area contributed by atoms with Crippen molar-refractivity contribution in [2.45, 2.75) is 13.3 Å². The lowest BCUT2D eigenvalue weighted by Crippen LogP contribution is -2.14. The van der Waals surface area contributed by atoms with E-state index in [0.717, 1.165) is 4.88 Å². The lowest BCUT2D eigenvalue weighted by Gasteiger charge is -2.09. The Hall–Kier alpha value is -2.60. The van der Waals surface area contributed by atoms with Gasteiger partial charge in [-0.15, -0.1) is 11.3 Å². The van der Waals surface area contributed by atoms with Crippen LogP contribution < -0.4 is 5.32 Å². The van der Waals surface area contributed by atoms with Crippen LogP contribution in [-0.2, 0) is 4.79 Å². The molecule has 0 radical (unpaired) electrons. The predicted octanol–water partition coefficient (Wildman–Crippen LogP) is 3.58. The van der Waals surface area contributed by atoms with Crippen LogP contribution in [0.4, 0.5) is 5.69 Å². The van der Waals surface area contributed by atoms with Crippen molar-refractivity contribution in [1.82, 2.24) is 0 Å². The van der Waals surface area contributed by atoms with Gasteiger partial charge >= 0.3 is 5.97 Å². The molecule has 0 bridgehead atoms. The molecule has 0 aliphatic carbocycles. The number of thiophene rings is 1. The number of carbonyl (C=O) groups is 2. The third kappa shape index (κ3) is 3.73. The molecule has 0 fully saturated rings. The SMILES string of the molecule is CCC(=Cc1cccs1)C(=O)Nc1ccc(O)c(C(=O)O)c1. The molecule has 1 aromatic heterocycles. The average molecular weight is 317 g/mol. The second-order valence-electron chi connectivity index (χ2n) is 4.53. The first-order valence-corrected chi connectivity index (χ1v) is 7.51. The van der Waals surface area contributed by atoms with Crippen molar-refractivity contribution >= 4 is 35.0 Å². The van der Waals surface area contributed by atoms with Crippen molar-refractivity contribution in [2.24, 2.45) is 0 Å². The van der Waals surface area contributed by atoms with Gasteiger partial charge in [-0.05, 0) is 42.1 Å². The first-order chi connectivity index (χ1) is 10.5. The second kappa shape index (κ2) is 6.91. The summed E-state index contributed by atoms with van der Waals surface area (Å²) in [6, 6.07) is 7.75. The molecule has 5 nitrogen and oxygen atoms in total. The van der Waals surface area contributed by atoms with Crippen LogP contribution in [-0.4, -0.2) is 22.1 Å². The molecule has 2 aromatic rings. The fraction of sp³-hybridized carbons (Fsp3) is 0.125. The third-order valence-electron chi connectivity index (χ3n) is 3.02. The van der Waals surface area contributed by atoms with Gasteiger partial charge in [-0.25, -0.2) is 4.79 Å². The van der Waals surface area contributed by atoms with E-state index < -0.39 is 5.97 Å². The van der Waals surface area contributed by atoms with Crippen molar-refractivity contribution in [3.05, 3.63) is 51.7 Å². The van der Waals surface area contributed by atoms with Crippen molar-refractivity contribution in [2.75, 3.05) is 5.32 Å². The predicted molar refractivity (Wildman–Crippen MR) is 86.3 cm³/mol. The summed E-state index contributed by atoms with van der Waals surface area (Å²) in [6.45, 7) is 1.87. The van der Waals surface area contributed by atoms with Crippen LogP contribution in [0.3, 0.4) is 0 Å². The van der Waals surface area contributed by atoms with Crippen molar-refractivity contribution in [3.63, 3.8) is 0 Å². The lowest BCUT2D eigenvalue weighted by molar-refractivity contribution is -0.112. The molecule has 0 atom stereocenters. The topological polar surface area (TPSA) is 86.6 Å². The molecule has 6 heteroatoms. The second-order valence-corrected chi connectivity index (χ2v) is 5.51. The molecule has 0 spiro atoms. The smallest absolute Gasteiger partial charge is 0.339 e. The number of amides is 1. The zero-order chi connectivity index (χ0) is 16.1. The number of carboxylic acid groups (broad SMARTS) is 1. The summed E-state index contributed by atoms with van der Waals surface area (Å²) in [5.41, 5.74) is 0.663. The van der Waals surface area contributed by atoms with Crippen LogP contribution in [0.1, 0.15) is 28.6 Å². The molecule has 0 saturated heterocycles. The van der Waals surface area contributed by atoms with Gasteiger partial charge in [0.05, 0.1) is 0 Å². The fourth-order valence-electron chi connectivity index (χ4n) is 1.87. The Labute approximate surface area is 131 Å². The average Bonchev–Trinajstić information content (AvgIpc) is 2.99. The summed E-state index contributed by atoms with van der Waals surface area (Å²) in [7, 11) is 0. The summed E-state index contributed by atoms with van der Waals surface area (Å²) in [5.74, 6) is -1.88. The quantitative estimate of drug-likeness (QED) is 0.581. The number of hydrogen-bond donors (Lipinski definition) is 3. The van der Waals surface area contributed by atoms with E-state index in [0.29, 0.717) is 17.7 Å². The van der Waals surface area contributed by atoms with Crippen LogP contribution in [0.5, 0.6) is 5.75 Å². The van der Waals surface area contributed by atoms with Gasteiger partial charge in [0.15, 0.2) is 0 Å². The molecular formula is C16H15NO4S. The van der Waals surface area contributed by atoms with Crippen LogP contribution in [0.25, 0.3) is 6.08 Å². The molecule has 114 valence electrons. The number of carbonyl (C=O) groups excluding carboxylic acids is 1. The molecular weight excluding hydrogens is 302 g/mol. The Balaban J connectivity index is 2.21. The standard InChI is InChI=1S/C16H15NO4S/c1-2-10(8-12-4-3-7-22-12)15(19)17-11-5-6-14(18)13(9-11)16(20)21/h3-9,18H,2H2,1H3,(H,17,19)(H,20,21). The van der Waals surface area contributed by atoms with Gasteiger partial charge in [0.1, 0.15) is 11.3 Å². The van der Waals surface area contributed by atoms with E-state index in [9.17, 15) is 14.7 Å². The van der Waals surface area contributed by atoms with Crippen molar-refractivity contribution < 1.29 is 19.8 Å². The number of hydrogen-bond acceptors (Lipinski definition) is 4. The Morgan fingerprint density at radius 1 is 1.32 bits per heavy atom. The minimum absolute atomic E-state index is 0.252. The van der Waals surface area contributed by atoms with E-state index in [1.807, 2.05) is 24.4 Å². The number of anilines is 1. The van der Waals surface area contributed by atoms with E-state index in [2.05, 4.69) is 5.32 Å². The monoisotopic (exact) mass is 317 g/mol. The molecule has 0 aliphatic rings. The van der Waals surface area contributed by atoms with Gasteiger partial charge in [0.25, 0.3) is 5.91 Å². The van der Waals surface area contributed by atoms with Gasteiger partial charge in [-0.1, -0.05) is 13.0 Å². The first kappa shape index (κ1) is 15.8. The molecule has 0 saturated carbocycles. The molecule has 1 amide bonds. The third-order valence-corrected chi connectivity index (χ3v) is 3.84. The Kier molecular flexibility index (Phi) is 4.95. The minimum Gasteiger partial charge on any atom is -0.507 e. The van der Waals surface area contributed by atoms with E-state index in [1.165, 1.54) is 29.5 Å². The van der Waals surface area contributed by atoms with Crippen molar-refractivity contribution in [1.29, 1.82) is 0 Å². The lowest BCUT2D eigenvalue weighted by atomic mass is 10.1. The summed E-state index contributed by atoms with van der Waals surface area (Å²) >= 11 is 1.53. The highest BCUT2D eigenvalue weighted by Crippen LogP contribution is 2.22. The normalized spacial score (nSPS) is 11.2. The Morgan fingerprint density at radius 3 is 2.68 bits per heavy atom. The fourth-order valence-corrected chi connectivity index (χ4v) is 2.55. The van der Waals surface area contributed by atoms with Crippen LogP contribution in [0.15, 0.2) is 41.3 Å². The number of phenols is 1. The highest BCUT2D eigenvalue weighted by molar-refractivity contribution is 7.10. The van der Waals surface area contributed by atoms with Gasteiger partial charge in [0, 0.05) is 16.1 Å². The molecule has 1 heterocycles. The molecule has 0 unspecified atom stereocenters. The highest BCUT2D eigenvalue weighted by Gasteiger charge is 2.13. The summed E-state index contributed by atoms with van der Waals surface area (Å²) in [6.07, 6.45) is 2.35. The minimum atomic E-state index is -1.25. The van der Waals surface area contributed by atoms with Crippen LogP contribution in [0.2, 0.25) is 0 Å². The Bertz CT molecular complexity index is 720. The number of rotatable bonds is 5. The molecule has 0 aliphatic heterocycles. The molecule has 1 aromatic carbocycles. The number of nitrogens with one attached hydrogen (secondary N) is 1. The van der Waals surface area contributed by atoms with E-state index in [4.69, 9.17) is 5.11 Å².